The van der Waals surface area contributed by atoms with Crippen LogP contribution in [0, 0.1) is 0 Å². The Morgan fingerprint density at radius 3 is 2.36 bits per heavy atom. The zero-order chi connectivity index (χ0) is 20.4. The van der Waals surface area contributed by atoms with E-state index >= 15 is 0 Å². The second kappa shape index (κ2) is 8.14. The maximum absolute atomic E-state index is 12.7. The fraction of sp³-hybridized carbons (Fsp3) is 0.579. The molecule has 0 spiro atoms. The average Bonchev–Trinajstić information content (AvgIpc) is 2.70. The van der Waals surface area contributed by atoms with Crippen LogP contribution in [0.1, 0.15) is 36.0 Å². The maximum atomic E-state index is 12.7. The van der Waals surface area contributed by atoms with Gasteiger partial charge in [-0.05, 0) is 38.9 Å². The Bertz CT molecular complexity index is 1070. The summed E-state index contributed by atoms with van der Waals surface area (Å²) in [6, 6.07) is 1.16. The Balaban J connectivity index is 1.87. The molecule has 0 aromatic carbocycles. The number of carbonyl (C=O) groups is 1. The highest BCUT2D eigenvalue weighted by Crippen LogP contribution is 2.11. The van der Waals surface area contributed by atoms with Crippen LogP contribution in [0.4, 0.5) is 0 Å². The summed E-state index contributed by atoms with van der Waals surface area (Å²) in [5.41, 5.74) is -1.45. The zero-order valence-electron chi connectivity index (χ0n) is 16.7. The maximum Gasteiger partial charge on any atom is 0.332 e. The summed E-state index contributed by atoms with van der Waals surface area (Å²) in [4.78, 5) is 52.3. The highest BCUT2D eigenvalue weighted by Gasteiger charge is 2.20. The number of aryl methyl sites for hydroxylation is 2. The first-order chi connectivity index (χ1) is 13.3. The third-order valence-electron chi connectivity index (χ3n) is 5.45. The first-order valence-corrected chi connectivity index (χ1v) is 9.63. The fourth-order valence-electron chi connectivity index (χ4n) is 3.82. The van der Waals surface area contributed by atoms with E-state index in [1.54, 1.807) is 0 Å². The standard InChI is InChI=1S/C19H27N5O4/c1-21-14(25)12-13(15-17(21)22(2)19(28)23(3)18(15)27)16(26)20-8-7-11-24-9-5-4-6-10-24/h12H,4-11H2,1-3H3,(H,20,26). The smallest absolute Gasteiger partial charge is 0.332 e. The van der Waals surface area contributed by atoms with Gasteiger partial charge in [0.1, 0.15) is 5.65 Å². The lowest BCUT2D eigenvalue weighted by molar-refractivity contribution is 0.0952. The van der Waals surface area contributed by atoms with Gasteiger partial charge in [-0.15, -0.1) is 0 Å². The molecule has 1 aliphatic rings. The van der Waals surface area contributed by atoms with Gasteiger partial charge in [-0.25, -0.2) is 4.79 Å². The molecule has 1 fully saturated rings. The van der Waals surface area contributed by atoms with Crippen LogP contribution in [-0.2, 0) is 21.1 Å². The van der Waals surface area contributed by atoms with E-state index in [1.165, 1.54) is 49.5 Å². The summed E-state index contributed by atoms with van der Waals surface area (Å²) in [5.74, 6) is -0.475. The normalized spacial score (nSPS) is 15.1. The number of hydrogen-bond acceptors (Lipinski definition) is 5. The van der Waals surface area contributed by atoms with E-state index in [0.717, 1.165) is 36.7 Å². The number of piperidine rings is 1. The summed E-state index contributed by atoms with van der Waals surface area (Å²) < 4.78 is 3.37. The van der Waals surface area contributed by atoms with Gasteiger partial charge in [0.05, 0.1) is 10.9 Å². The summed E-state index contributed by atoms with van der Waals surface area (Å²) in [5, 5.41) is 2.88. The van der Waals surface area contributed by atoms with E-state index < -0.39 is 22.7 Å². The molecule has 2 aromatic heterocycles. The van der Waals surface area contributed by atoms with Crippen molar-refractivity contribution < 1.29 is 4.79 Å². The summed E-state index contributed by atoms with van der Waals surface area (Å²) >= 11 is 0. The fourth-order valence-corrected chi connectivity index (χ4v) is 3.82. The predicted molar refractivity (Wildman–Crippen MR) is 107 cm³/mol. The monoisotopic (exact) mass is 389 g/mol. The number of rotatable bonds is 5. The van der Waals surface area contributed by atoms with E-state index in [1.807, 2.05) is 0 Å². The third kappa shape index (κ3) is 3.66. The van der Waals surface area contributed by atoms with Crippen LogP contribution in [-0.4, -0.2) is 50.7 Å². The average molecular weight is 389 g/mol. The second-order valence-corrected chi connectivity index (χ2v) is 7.37. The largest absolute Gasteiger partial charge is 0.352 e. The molecule has 0 atom stereocenters. The Morgan fingerprint density at radius 1 is 1.00 bits per heavy atom. The highest BCUT2D eigenvalue weighted by molar-refractivity contribution is 6.05. The van der Waals surface area contributed by atoms with Crippen molar-refractivity contribution >= 4 is 16.9 Å². The zero-order valence-corrected chi connectivity index (χ0v) is 16.7. The first kappa shape index (κ1) is 20.1. The predicted octanol–water partition coefficient (Wildman–Crippen LogP) is -0.458. The Hall–Kier alpha value is -2.68. The molecule has 28 heavy (non-hydrogen) atoms. The van der Waals surface area contributed by atoms with Crippen LogP contribution in [0.2, 0.25) is 0 Å². The van der Waals surface area contributed by atoms with Crippen LogP contribution in [0.15, 0.2) is 20.4 Å². The highest BCUT2D eigenvalue weighted by atomic mass is 16.2. The van der Waals surface area contributed by atoms with Crippen LogP contribution >= 0.6 is 0 Å². The van der Waals surface area contributed by atoms with Gasteiger partial charge in [-0.1, -0.05) is 6.42 Å². The number of fused-ring (bicyclic) bond motifs is 1. The van der Waals surface area contributed by atoms with Crippen LogP contribution in [0.5, 0.6) is 0 Å². The molecule has 2 aromatic rings. The summed E-state index contributed by atoms with van der Waals surface area (Å²) in [6.45, 7) is 3.56. The SMILES string of the molecule is Cn1c(=O)c2c(C(=O)NCCCN3CCCCC3)cc(=O)n(C)c2n(C)c1=O. The van der Waals surface area contributed by atoms with Crippen molar-refractivity contribution in [2.75, 3.05) is 26.2 Å². The molecule has 0 radical (unpaired) electrons. The van der Waals surface area contributed by atoms with Crippen LogP contribution in [0.3, 0.4) is 0 Å². The molecular weight excluding hydrogens is 362 g/mol. The Morgan fingerprint density at radius 2 is 1.68 bits per heavy atom. The molecule has 1 N–H and O–H groups in total. The number of likely N-dealkylation sites (tertiary alicyclic amines) is 1. The van der Waals surface area contributed by atoms with Crippen molar-refractivity contribution in [1.82, 2.24) is 23.9 Å². The molecule has 1 saturated heterocycles. The topological polar surface area (TPSA) is 98.3 Å². The molecule has 152 valence electrons. The molecular formula is C19H27N5O4. The summed E-state index contributed by atoms with van der Waals surface area (Å²) in [7, 11) is 4.31. The van der Waals surface area contributed by atoms with Crippen LogP contribution in [0.25, 0.3) is 11.0 Å². The lowest BCUT2D eigenvalue weighted by atomic mass is 10.1. The molecule has 1 aliphatic heterocycles. The van der Waals surface area contributed by atoms with E-state index in [0.29, 0.717) is 6.54 Å². The lowest BCUT2D eigenvalue weighted by Crippen LogP contribution is -2.41. The van der Waals surface area contributed by atoms with E-state index in [9.17, 15) is 19.2 Å². The second-order valence-electron chi connectivity index (χ2n) is 7.37. The molecule has 3 heterocycles. The minimum atomic E-state index is -0.591. The molecule has 0 bridgehead atoms. The van der Waals surface area contributed by atoms with Crippen molar-refractivity contribution in [2.45, 2.75) is 25.7 Å². The number of nitrogens with one attached hydrogen (secondary N) is 1. The van der Waals surface area contributed by atoms with Crippen molar-refractivity contribution in [2.24, 2.45) is 21.1 Å². The van der Waals surface area contributed by atoms with E-state index in [2.05, 4.69) is 10.2 Å². The molecule has 1 amide bonds. The number of carbonyl (C=O) groups excluding carboxylic acids is 1. The number of hydrogen-bond donors (Lipinski definition) is 1. The van der Waals surface area contributed by atoms with Crippen molar-refractivity contribution in [3.63, 3.8) is 0 Å². The van der Waals surface area contributed by atoms with Gasteiger partial charge >= 0.3 is 5.69 Å². The number of pyridine rings is 1. The van der Waals surface area contributed by atoms with Gasteiger partial charge in [0.2, 0.25) is 0 Å². The molecule has 0 saturated carbocycles. The Labute approximate surface area is 162 Å². The summed E-state index contributed by atoms with van der Waals surface area (Å²) in [6.07, 6.45) is 4.51. The Kier molecular flexibility index (Phi) is 5.83. The van der Waals surface area contributed by atoms with Gasteiger partial charge in [-0.3, -0.25) is 28.1 Å². The van der Waals surface area contributed by atoms with Gasteiger partial charge in [-0.2, -0.15) is 0 Å². The van der Waals surface area contributed by atoms with E-state index in [4.69, 9.17) is 0 Å². The number of nitrogens with zero attached hydrogens (tertiary/aromatic N) is 4. The number of aromatic nitrogens is 3. The quantitative estimate of drug-likeness (QED) is 0.698. The van der Waals surface area contributed by atoms with Gasteiger partial charge in [0.25, 0.3) is 17.0 Å². The van der Waals surface area contributed by atoms with Gasteiger partial charge in [0.15, 0.2) is 0 Å². The molecule has 0 aliphatic carbocycles. The van der Waals surface area contributed by atoms with Crippen molar-refractivity contribution in [3.8, 4) is 0 Å². The number of amides is 1. The van der Waals surface area contributed by atoms with Crippen molar-refractivity contribution in [3.05, 3.63) is 42.8 Å². The third-order valence-corrected chi connectivity index (χ3v) is 5.45. The molecule has 9 nitrogen and oxygen atoms in total. The van der Waals surface area contributed by atoms with Crippen LogP contribution < -0.4 is 22.1 Å². The lowest BCUT2D eigenvalue weighted by Gasteiger charge is -2.26. The van der Waals surface area contributed by atoms with E-state index in [-0.39, 0.29) is 16.6 Å². The first-order valence-electron chi connectivity index (χ1n) is 9.63. The molecule has 0 unspecified atom stereocenters. The molecule has 3 rings (SSSR count). The minimum Gasteiger partial charge on any atom is -0.352 e. The minimum absolute atomic E-state index is 0.00673. The van der Waals surface area contributed by atoms with Gasteiger partial charge in [0, 0.05) is 33.8 Å². The van der Waals surface area contributed by atoms with Gasteiger partial charge < -0.3 is 10.2 Å². The molecule has 9 heteroatoms. The van der Waals surface area contributed by atoms with Crippen molar-refractivity contribution in [1.29, 1.82) is 0 Å².